The van der Waals surface area contributed by atoms with Gasteiger partial charge in [-0.05, 0) is 38.6 Å². The van der Waals surface area contributed by atoms with Crippen molar-refractivity contribution in [1.29, 1.82) is 0 Å². The molecule has 0 atom stereocenters. The maximum atomic E-state index is 9.90. The van der Waals surface area contributed by atoms with Crippen LogP contribution in [0.25, 0.3) is 0 Å². The van der Waals surface area contributed by atoms with Crippen LogP contribution in [0.2, 0.25) is 0 Å². The van der Waals surface area contributed by atoms with E-state index in [0.717, 1.165) is 18.5 Å². The van der Waals surface area contributed by atoms with E-state index in [9.17, 15) is 5.11 Å². The summed E-state index contributed by atoms with van der Waals surface area (Å²) in [5.74, 6) is 0.422. The molecule has 0 aromatic heterocycles. The van der Waals surface area contributed by atoms with Crippen molar-refractivity contribution in [2.75, 3.05) is 14.1 Å². The molecule has 1 aromatic carbocycles. The first-order chi connectivity index (χ1) is 11.1. The summed E-state index contributed by atoms with van der Waals surface area (Å²) in [5, 5.41) is 9.90. The van der Waals surface area contributed by atoms with Crippen molar-refractivity contribution in [1.82, 2.24) is 4.90 Å². The van der Waals surface area contributed by atoms with E-state index in [2.05, 4.69) is 24.0 Å². The van der Waals surface area contributed by atoms with Crippen LogP contribution in [0.15, 0.2) is 18.2 Å². The number of benzene rings is 1. The van der Waals surface area contributed by atoms with Gasteiger partial charge in [0.15, 0.2) is 0 Å². The normalized spacial score (nSPS) is 11.3. The van der Waals surface area contributed by atoms with Crippen molar-refractivity contribution in [3.05, 3.63) is 29.3 Å². The molecule has 0 fully saturated rings. The molecule has 132 valence electrons. The number of aryl methyl sites for hydroxylation is 1. The highest BCUT2D eigenvalue weighted by atomic mass is 16.3. The second-order valence-corrected chi connectivity index (χ2v) is 7.13. The second kappa shape index (κ2) is 12.4. The van der Waals surface area contributed by atoms with Crippen LogP contribution in [-0.4, -0.2) is 24.1 Å². The van der Waals surface area contributed by atoms with Gasteiger partial charge in [0, 0.05) is 12.1 Å². The largest absolute Gasteiger partial charge is 0.508 e. The Morgan fingerprint density at radius 2 is 1.39 bits per heavy atom. The lowest BCUT2D eigenvalue weighted by molar-refractivity contribution is 0.385. The van der Waals surface area contributed by atoms with Crippen LogP contribution in [0, 0.1) is 0 Å². The average molecular weight is 320 g/mol. The van der Waals surface area contributed by atoms with Gasteiger partial charge in [-0.2, -0.15) is 0 Å². The Balaban J connectivity index is 2.11. The number of nitrogens with zero attached hydrogens (tertiary/aromatic N) is 1. The van der Waals surface area contributed by atoms with Crippen LogP contribution in [0.4, 0.5) is 0 Å². The van der Waals surface area contributed by atoms with E-state index in [4.69, 9.17) is 0 Å². The molecule has 0 unspecified atom stereocenters. The summed E-state index contributed by atoms with van der Waals surface area (Å²) in [7, 11) is 4.07. The molecule has 0 saturated heterocycles. The standard InChI is InChI=1S/C21H37NO/c1-4-5-6-7-8-9-10-11-12-13-14-19-15-16-21(23)20(17-19)18-22(2)3/h15-17,23H,4-14,18H2,1-3H3. The molecule has 0 heterocycles. The summed E-state index contributed by atoms with van der Waals surface area (Å²) in [4.78, 5) is 2.10. The number of hydrogen-bond acceptors (Lipinski definition) is 2. The topological polar surface area (TPSA) is 23.5 Å². The Labute approximate surface area is 143 Å². The van der Waals surface area contributed by atoms with E-state index in [0.29, 0.717) is 5.75 Å². The minimum absolute atomic E-state index is 0.422. The van der Waals surface area contributed by atoms with E-state index in [-0.39, 0.29) is 0 Å². The minimum atomic E-state index is 0.422. The summed E-state index contributed by atoms with van der Waals surface area (Å²) in [5.41, 5.74) is 2.40. The van der Waals surface area contributed by atoms with E-state index in [1.54, 1.807) is 0 Å². The molecule has 0 spiro atoms. The van der Waals surface area contributed by atoms with Gasteiger partial charge in [-0.25, -0.2) is 0 Å². The fraction of sp³-hybridized carbons (Fsp3) is 0.714. The zero-order valence-corrected chi connectivity index (χ0v) is 15.6. The van der Waals surface area contributed by atoms with Gasteiger partial charge in [-0.3, -0.25) is 0 Å². The third kappa shape index (κ3) is 9.65. The van der Waals surface area contributed by atoms with Crippen LogP contribution >= 0.6 is 0 Å². The molecule has 1 rings (SSSR count). The van der Waals surface area contributed by atoms with Gasteiger partial charge >= 0.3 is 0 Å². The zero-order chi connectivity index (χ0) is 16.9. The van der Waals surface area contributed by atoms with Crippen molar-refractivity contribution in [3.8, 4) is 5.75 Å². The molecule has 2 nitrogen and oxygen atoms in total. The van der Waals surface area contributed by atoms with Crippen molar-refractivity contribution < 1.29 is 5.11 Å². The molecule has 1 aromatic rings. The highest BCUT2D eigenvalue weighted by Gasteiger charge is 2.04. The minimum Gasteiger partial charge on any atom is -0.508 e. The Kier molecular flexibility index (Phi) is 10.8. The van der Waals surface area contributed by atoms with Gasteiger partial charge in [0.1, 0.15) is 5.75 Å². The van der Waals surface area contributed by atoms with E-state index < -0.39 is 0 Å². The summed E-state index contributed by atoms with van der Waals surface area (Å²) in [6.07, 6.45) is 14.9. The maximum Gasteiger partial charge on any atom is 0.120 e. The fourth-order valence-electron chi connectivity index (χ4n) is 3.08. The number of phenols is 1. The monoisotopic (exact) mass is 319 g/mol. The van der Waals surface area contributed by atoms with E-state index in [1.165, 1.54) is 69.8 Å². The summed E-state index contributed by atoms with van der Waals surface area (Å²) in [6.45, 7) is 3.08. The van der Waals surface area contributed by atoms with Gasteiger partial charge in [0.25, 0.3) is 0 Å². The van der Waals surface area contributed by atoms with Crippen LogP contribution in [-0.2, 0) is 13.0 Å². The van der Waals surface area contributed by atoms with E-state index in [1.807, 2.05) is 20.2 Å². The Bertz CT molecular complexity index is 414. The molecule has 0 aliphatic rings. The van der Waals surface area contributed by atoms with Crippen molar-refractivity contribution in [3.63, 3.8) is 0 Å². The molecule has 0 radical (unpaired) electrons. The SMILES string of the molecule is CCCCCCCCCCCCc1ccc(O)c(CN(C)C)c1. The number of unbranched alkanes of at least 4 members (excludes halogenated alkanes) is 9. The van der Waals surface area contributed by atoms with Crippen LogP contribution in [0.3, 0.4) is 0 Å². The highest BCUT2D eigenvalue weighted by molar-refractivity contribution is 5.36. The summed E-state index contributed by atoms with van der Waals surface area (Å²) in [6, 6.07) is 6.09. The van der Waals surface area contributed by atoms with Crippen molar-refractivity contribution in [2.24, 2.45) is 0 Å². The number of rotatable bonds is 13. The van der Waals surface area contributed by atoms with Crippen molar-refractivity contribution >= 4 is 0 Å². The van der Waals surface area contributed by atoms with Gasteiger partial charge < -0.3 is 10.0 Å². The Morgan fingerprint density at radius 3 is 1.96 bits per heavy atom. The van der Waals surface area contributed by atoms with Gasteiger partial charge in [0.2, 0.25) is 0 Å². The third-order valence-corrected chi connectivity index (χ3v) is 4.45. The molecule has 0 aliphatic carbocycles. The molecule has 2 heteroatoms. The second-order valence-electron chi connectivity index (χ2n) is 7.13. The molecule has 0 amide bonds. The maximum absolute atomic E-state index is 9.90. The fourth-order valence-corrected chi connectivity index (χ4v) is 3.08. The quantitative estimate of drug-likeness (QED) is 0.456. The van der Waals surface area contributed by atoms with Crippen LogP contribution in [0.1, 0.15) is 82.3 Å². The third-order valence-electron chi connectivity index (χ3n) is 4.45. The lowest BCUT2D eigenvalue weighted by Crippen LogP contribution is -2.11. The lowest BCUT2D eigenvalue weighted by atomic mass is 10.0. The molecule has 0 bridgehead atoms. The number of aromatic hydroxyl groups is 1. The van der Waals surface area contributed by atoms with Crippen molar-refractivity contribution in [2.45, 2.75) is 84.1 Å². The van der Waals surface area contributed by atoms with Crippen LogP contribution in [0.5, 0.6) is 5.75 Å². The molecular weight excluding hydrogens is 282 g/mol. The molecule has 1 N–H and O–H groups in total. The van der Waals surface area contributed by atoms with Crippen LogP contribution < -0.4 is 0 Å². The first kappa shape index (κ1) is 20.0. The predicted molar refractivity (Wildman–Crippen MR) is 101 cm³/mol. The molecular formula is C21H37NO. The van der Waals surface area contributed by atoms with Gasteiger partial charge in [-0.1, -0.05) is 76.8 Å². The first-order valence-corrected chi connectivity index (χ1v) is 9.59. The predicted octanol–water partition coefficient (Wildman–Crippen LogP) is 5.92. The number of hydrogen-bond donors (Lipinski definition) is 1. The summed E-state index contributed by atoms with van der Waals surface area (Å²) >= 11 is 0. The zero-order valence-electron chi connectivity index (χ0n) is 15.6. The first-order valence-electron chi connectivity index (χ1n) is 9.59. The van der Waals surface area contributed by atoms with E-state index >= 15 is 0 Å². The smallest absolute Gasteiger partial charge is 0.120 e. The van der Waals surface area contributed by atoms with Gasteiger partial charge in [-0.15, -0.1) is 0 Å². The lowest BCUT2D eigenvalue weighted by Gasteiger charge is -2.12. The molecule has 0 aliphatic heterocycles. The Hall–Kier alpha value is -1.02. The van der Waals surface area contributed by atoms with Gasteiger partial charge in [0.05, 0.1) is 0 Å². The molecule has 23 heavy (non-hydrogen) atoms. The average Bonchev–Trinajstić information content (AvgIpc) is 2.51. The number of phenolic OH excluding ortho intramolecular Hbond substituents is 1. The summed E-state index contributed by atoms with van der Waals surface area (Å²) < 4.78 is 0. The Morgan fingerprint density at radius 1 is 0.826 bits per heavy atom. The molecule has 0 saturated carbocycles. The highest BCUT2D eigenvalue weighted by Crippen LogP contribution is 2.21.